The van der Waals surface area contributed by atoms with Gasteiger partial charge in [-0.3, -0.25) is 9.59 Å². The second-order valence-corrected chi connectivity index (χ2v) is 8.69. The van der Waals surface area contributed by atoms with Gasteiger partial charge in [-0.05, 0) is 54.4 Å². The zero-order valence-electron chi connectivity index (χ0n) is 18.6. The van der Waals surface area contributed by atoms with Gasteiger partial charge < -0.3 is 23.7 Å². The first kappa shape index (κ1) is 24.0. The van der Waals surface area contributed by atoms with Crippen LogP contribution in [0.25, 0.3) is 0 Å². The maximum atomic E-state index is 13.4. The van der Waals surface area contributed by atoms with Crippen LogP contribution in [0, 0.1) is 0 Å². The Balaban J connectivity index is 1.53. The molecule has 0 spiro atoms. The minimum Gasteiger partial charge on any atom is -0.467 e. The number of amides is 2. The average Bonchev–Trinajstić information content (AvgIpc) is 3.51. The summed E-state index contributed by atoms with van der Waals surface area (Å²) in [4.78, 5) is 29.8. The number of furan rings is 1. The third-order valence-electron chi connectivity index (χ3n) is 5.36. The van der Waals surface area contributed by atoms with Gasteiger partial charge in [0, 0.05) is 18.7 Å². The number of carbonyl (C=O) groups is 2. The van der Waals surface area contributed by atoms with Crippen LogP contribution in [0.5, 0.6) is 11.5 Å². The summed E-state index contributed by atoms with van der Waals surface area (Å²) in [7, 11) is 0. The topological polar surface area (TPSA) is 72.2 Å². The summed E-state index contributed by atoms with van der Waals surface area (Å²) in [6.45, 7) is 3.05. The fraction of sp³-hybridized carbons (Fsp3) is 0.280. The summed E-state index contributed by atoms with van der Waals surface area (Å²) in [5, 5.41) is 0.655. The zero-order valence-corrected chi connectivity index (χ0v) is 20.1. The molecule has 1 aliphatic rings. The summed E-state index contributed by atoms with van der Waals surface area (Å²) in [6, 6.07) is 13.9. The Labute approximate surface area is 207 Å². The number of benzene rings is 2. The highest BCUT2D eigenvalue weighted by atomic mass is 35.5. The first-order chi connectivity index (χ1) is 16.4. The molecule has 2 heterocycles. The Morgan fingerprint density at radius 1 is 0.941 bits per heavy atom. The van der Waals surface area contributed by atoms with Gasteiger partial charge >= 0.3 is 0 Å². The van der Waals surface area contributed by atoms with Crippen LogP contribution in [-0.4, -0.2) is 41.5 Å². The van der Waals surface area contributed by atoms with Crippen molar-refractivity contribution in [2.24, 2.45) is 0 Å². The van der Waals surface area contributed by atoms with Crippen LogP contribution in [0.2, 0.25) is 10.0 Å². The first-order valence-corrected chi connectivity index (χ1v) is 11.6. The number of ether oxygens (including phenoxy) is 2. The average molecular weight is 503 g/mol. The lowest BCUT2D eigenvalue weighted by atomic mass is 10.1. The number of carbonyl (C=O) groups excluding carboxylic acids is 2. The molecule has 1 aliphatic heterocycles. The minimum absolute atomic E-state index is 0.0851. The maximum absolute atomic E-state index is 13.4. The van der Waals surface area contributed by atoms with E-state index >= 15 is 0 Å². The van der Waals surface area contributed by atoms with Crippen LogP contribution in [0.1, 0.15) is 35.0 Å². The molecule has 0 saturated heterocycles. The molecule has 1 aromatic heterocycles. The van der Waals surface area contributed by atoms with Crippen molar-refractivity contribution in [3.8, 4) is 11.5 Å². The molecule has 2 amide bonds. The van der Waals surface area contributed by atoms with Crippen LogP contribution in [0.3, 0.4) is 0 Å². The Kier molecular flexibility index (Phi) is 7.65. The molecular weight excluding hydrogens is 479 g/mol. The molecule has 0 radical (unpaired) electrons. The fourth-order valence-corrected chi connectivity index (χ4v) is 3.98. The Bertz CT molecular complexity index is 1170. The van der Waals surface area contributed by atoms with E-state index < -0.39 is 0 Å². The number of rotatable bonds is 9. The van der Waals surface area contributed by atoms with Crippen molar-refractivity contribution in [1.82, 2.24) is 9.80 Å². The highest BCUT2D eigenvalue weighted by molar-refractivity contribution is 6.42. The van der Waals surface area contributed by atoms with Crippen molar-refractivity contribution < 1.29 is 23.5 Å². The van der Waals surface area contributed by atoms with Gasteiger partial charge in [-0.25, -0.2) is 0 Å². The van der Waals surface area contributed by atoms with Crippen molar-refractivity contribution in [2.75, 3.05) is 19.9 Å². The van der Waals surface area contributed by atoms with Crippen molar-refractivity contribution in [2.45, 2.75) is 26.4 Å². The third kappa shape index (κ3) is 5.66. The molecule has 9 heteroatoms. The van der Waals surface area contributed by atoms with Gasteiger partial charge in [0.1, 0.15) is 12.3 Å². The predicted molar refractivity (Wildman–Crippen MR) is 128 cm³/mol. The van der Waals surface area contributed by atoms with Gasteiger partial charge in [-0.15, -0.1) is 0 Å². The fourth-order valence-electron chi connectivity index (χ4n) is 3.68. The second kappa shape index (κ2) is 10.8. The van der Waals surface area contributed by atoms with Gasteiger partial charge in [0.15, 0.2) is 11.5 Å². The Morgan fingerprint density at radius 2 is 1.76 bits per heavy atom. The standard InChI is InChI=1S/C25H24Cl2N2O5/c1-2-9-28(25(31)18-6-7-20(26)21(27)12-18)15-24(30)29(14-19-4-3-10-32-19)13-17-5-8-22-23(11-17)34-16-33-22/h3-8,10-12H,2,9,13-16H2,1H3. The zero-order chi connectivity index (χ0) is 24.1. The smallest absolute Gasteiger partial charge is 0.254 e. The molecule has 4 rings (SSSR count). The van der Waals surface area contributed by atoms with Gasteiger partial charge in [0.25, 0.3) is 5.91 Å². The lowest BCUT2D eigenvalue weighted by Gasteiger charge is -2.27. The molecule has 0 unspecified atom stereocenters. The van der Waals surface area contributed by atoms with E-state index in [0.29, 0.717) is 47.4 Å². The van der Waals surface area contributed by atoms with Crippen LogP contribution in [0.4, 0.5) is 0 Å². The van der Waals surface area contributed by atoms with E-state index in [9.17, 15) is 9.59 Å². The molecule has 0 aliphatic carbocycles. The van der Waals surface area contributed by atoms with E-state index in [1.165, 1.54) is 11.0 Å². The normalized spacial score (nSPS) is 12.0. The summed E-state index contributed by atoms with van der Waals surface area (Å²) >= 11 is 12.1. The van der Waals surface area contributed by atoms with E-state index in [-0.39, 0.29) is 36.7 Å². The van der Waals surface area contributed by atoms with E-state index in [1.54, 1.807) is 29.4 Å². The van der Waals surface area contributed by atoms with Crippen LogP contribution in [0.15, 0.2) is 59.2 Å². The van der Waals surface area contributed by atoms with Crippen molar-refractivity contribution >= 4 is 35.0 Å². The van der Waals surface area contributed by atoms with Crippen LogP contribution in [-0.2, 0) is 17.9 Å². The number of hydrogen-bond donors (Lipinski definition) is 0. The second-order valence-electron chi connectivity index (χ2n) is 7.87. The number of hydrogen-bond acceptors (Lipinski definition) is 5. The van der Waals surface area contributed by atoms with Gasteiger partial charge in [-0.1, -0.05) is 36.2 Å². The largest absolute Gasteiger partial charge is 0.467 e. The molecule has 0 bridgehead atoms. The molecule has 34 heavy (non-hydrogen) atoms. The van der Waals surface area contributed by atoms with Crippen LogP contribution >= 0.6 is 23.2 Å². The molecular formula is C25H24Cl2N2O5. The molecule has 0 N–H and O–H groups in total. The maximum Gasteiger partial charge on any atom is 0.254 e. The number of nitrogens with zero attached hydrogens (tertiary/aromatic N) is 2. The third-order valence-corrected chi connectivity index (χ3v) is 6.10. The van der Waals surface area contributed by atoms with Gasteiger partial charge in [-0.2, -0.15) is 0 Å². The van der Waals surface area contributed by atoms with Crippen molar-refractivity contribution in [3.63, 3.8) is 0 Å². The van der Waals surface area contributed by atoms with Crippen molar-refractivity contribution in [3.05, 3.63) is 81.7 Å². The van der Waals surface area contributed by atoms with Gasteiger partial charge in [0.2, 0.25) is 12.7 Å². The molecule has 0 fully saturated rings. The van der Waals surface area contributed by atoms with E-state index in [0.717, 1.165) is 5.56 Å². The Morgan fingerprint density at radius 3 is 2.50 bits per heavy atom. The molecule has 7 nitrogen and oxygen atoms in total. The number of fused-ring (bicyclic) bond motifs is 1. The highest BCUT2D eigenvalue weighted by Crippen LogP contribution is 2.33. The van der Waals surface area contributed by atoms with Crippen LogP contribution < -0.4 is 9.47 Å². The monoisotopic (exact) mass is 502 g/mol. The molecule has 0 saturated carbocycles. The van der Waals surface area contributed by atoms with E-state index in [1.807, 2.05) is 31.2 Å². The molecule has 0 atom stereocenters. The molecule has 178 valence electrons. The number of halogens is 2. The quantitative estimate of drug-likeness (QED) is 0.391. The van der Waals surface area contributed by atoms with Crippen molar-refractivity contribution in [1.29, 1.82) is 0 Å². The summed E-state index contributed by atoms with van der Waals surface area (Å²) in [5.41, 5.74) is 1.26. The van der Waals surface area contributed by atoms with E-state index in [2.05, 4.69) is 0 Å². The minimum atomic E-state index is -0.283. The summed E-state index contributed by atoms with van der Waals surface area (Å²) in [5.74, 6) is 1.47. The Hall–Kier alpha value is -3.16. The SMILES string of the molecule is CCCN(CC(=O)N(Cc1ccc2c(c1)OCO2)Cc1ccco1)C(=O)c1ccc(Cl)c(Cl)c1. The summed E-state index contributed by atoms with van der Waals surface area (Å²) < 4.78 is 16.3. The van der Waals surface area contributed by atoms with Gasteiger partial charge in [0.05, 0.1) is 22.9 Å². The first-order valence-electron chi connectivity index (χ1n) is 10.9. The molecule has 3 aromatic rings. The molecule has 2 aromatic carbocycles. The predicted octanol–water partition coefficient (Wildman–Crippen LogP) is 5.40. The highest BCUT2D eigenvalue weighted by Gasteiger charge is 2.24. The summed E-state index contributed by atoms with van der Waals surface area (Å²) in [6.07, 6.45) is 2.26. The lowest BCUT2D eigenvalue weighted by Crippen LogP contribution is -2.42. The van der Waals surface area contributed by atoms with E-state index in [4.69, 9.17) is 37.1 Å². The lowest BCUT2D eigenvalue weighted by molar-refractivity contribution is -0.133.